The first-order chi connectivity index (χ1) is 12.1. The smallest absolute Gasteiger partial charge is 0.260 e. The van der Waals surface area contributed by atoms with Gasteiger partial charge in [-0.25, -0.2) is 0 Å². The molecule has 0 bridgehead atoms. The summed E-state index contributed by atoms with van der Waals surface area (Å²) in [6, 6.07) is 16.0. The number of hydrogen-bond acceptors (Lipinski definition) is 3. The fraction of sp³-hybridized carbons (Fsp3) is 0.364. The SMILES string of the molecule is CN1C(=O)c2ccccc2C(C)(CSc2ccc(C(C)(C)C)cc2)C1=O. The minimum atomic E-state index is -0.716. The van der Waals surface area contributed by atoms with Crippen LogP contribution < -0.4 is 0 Å². The molecule has 1 unspecified atom stereocenters. The van der Waals surface area contributed by atoms with E-state index in [1.54, 1.807) is 18.8 Å². The lowest BCUT2D eigenvalue weighted by molar-refractivity contribution is -0.132. The van der Waals surface area contributed by atoms with Crippen LogP contribution in [0, 0.1) is 0 Å². The van der Waals surface area contributed by atoms with Crippen molar-refractivity contribution in [2.24, 2.45) is 0 Å². The predicted octanol–water partition coefficient (Wildman–Crippen LogP) is 4.65. The fourth-order valence-corrected chi connectivity index (χ4v) is 4.39. The molecule has 2 aromatic rings. The molecule has 0 saturated heterocycles. The minimum Gasteiger partial charge on any atom is -0.281 e. The van der Waals surface area contributed by atoms with Crippen molar-refractivity contribution in [3.05, 3.63) is 65.2 Å². The second-order valence-corrected chi connectivity index (χ2v) is 9.16. The summed E-state index contributed by atoms with van der Waals surface area (Å²) in [5.74, 6) is 0.234. The number of rotatable bonds is 3. The summed E-state index contributed by atoms with van der Waals surface area (Å²) in [4.78, 5) is 27.7. The maximum Gasteiger partial charge on any atom is 0.260 e. The van der Waals surface area contributed by atoms with Gasteiger partial charge in [-0.15, -0.1) is 11.8 Å². The summed E-state index contributed by atoms with van der Waals surface area (Å²) in [7, 11) is 1.57. The van der Waals surface area contributed by atoms with Crippen LogP contribution in [-0.2, 0) is 15.6 Å². The number of carbonyl (C=O) groups excluding carboxylic acids is 2. The quantitative estimate of drug-likeness (QED) is 0.585. The van der Waals surface area contributed by atoms with Crippen LogP contribution >= 0.6 is 11.8 Å². The van der Waals surface area contributed by atoms with E-state index in [1.807, 2.05) is 31.2 Å². The number of imide groups is 1. The molecule has 0 fully saturated rings. The first-order valence-corrected chi connectivity index (χ1v) is 9.78. The number of fused-ring (bicyclic) bond motifs is 1. The number of benzene rings is 2. The average Bonchev–Trinajstić information content (AvgIpc) is 2.63. The van der Waals surface area contributed by atoms with Gasteiger partial charge < -0.3 is 0 Å². The molecule has 1 aliphatic heterocycles. The van der Waals surface area contributed by atoms with Gasteiger partial charge in [-0.3, -0.25) is 14.5 Å². The predicted molar refractivity (Wildman–Crippen MR) is 107 cm³/mol. The summed E-state index contributed by atoms with van der Waals surface area (Å²) in [6.07, 6.45) is 0. The Balaban J connectivity index is 1.88. The second kappa shape index (κ2) is 6.58. The molecule has 2 amide bonds. The standard InChI is InChI=1S/C22H25NO2S/c1-21(2,3)15-10-12-16(13-11-15)26-14-22(4)18-9-7-6-8-17(18)19(24)23(5)20(22)25/h6-13H,14H2,1-5H3. The zero-order chi connectivity index (χ0) is 19.1. The average molecular weight is 368 g/mol. The molecule has 4 heteroatoms. The van der Waals surface area contributed by atoms with E-state index in [0.717, 1.165) is 10.5 Å². The highest BCUT2D eigenvalue weighted by Crippen LogP contribution is 2.38. The number of nitrogens with zero attached hydrogens (tertiary/aromatic N) is 1. The van der Waals surface area contributed by atoms with Gasteiger partial charge in [-0.1, -0.05) is 51.1 Å². The molecule has 3 rings (SSSR count). The van der Waals surface area contributed by atoms with E-state index in [2.05, 4.69) is 45.0 Å². The van der Waals surface area contributed by atoms with E-state index >= 15 is 0 Å². The van der Waals surface area contributed by atoms with Gasteiger partial charge in [-0.05, 0) is 41.7 Å². The van der Waals surface area contributed by atoms with Crippen molar-refractivity contribution in [2.45, 2.75) is 43.4 Å². The van der Waals surface area contributed by atoms with Crippen LogP contribution in [0.15, 0.2) is 53.4 Å². The van der Waals surface area contributed by atoms with Gasteiger partial charge in [0, 0.05) is 23.3 Å². The lowest BCUT2D eigenvalue weighted by Gasteiger charge is -2.38. The topological polar surface area (TPSA) is 37.4 Å². The number of carbonyl (C=O) groups is 2. The third kappa shape index (κ3) is 3.18. The zero-order valence-electron chi connectivity index (χ0n) is 16.0. The summed E-state index contributed by atoms with van der Waals surface area (Å²) in [5.41, 5.74) is 2.15. The molecule has 136 valence electrons. The molecule has 0 spiro atoms. The van der Waals surface area contributed by atoms with E-state index in [0.29, 0.717) is 11.3 Å². The molecular formula is C22H25NO2S. The lowest BCUT2D eigenvalue weighted by Crippen LogP contribution is -2.52. The van der Waals surface area contributed by atoms with Crippen molar-refractivity contribution in [3.63, 3.8) is 0 Å². The Morgan fingerprint density at radius 2 is 1.62 bits per heavy atom. The molecule has 0 aromatic heterocycles. The monoisotopic (exact) mass is 367 g/mol. The number of hydrogen-bond donors (Lipinski definition) is 0. The molecule has 3 nitrogen and oxygen atoms in total. The molecule has 0 N–H and O–H groups in total. The molecule has 0 radical (unpaired) electrons. The maximum atomic E-state index is 12.9. The molecule has 26 heavy (non-hydrogen) atoms. The summed E-state index contributed by atoms with van der Waals surface area (Å²) < 4.78 is 0. The highest BCUT2D eigenvalue weighted by Gasteiger charge is 2.45. The van der Waals surface area contributed by atoms with Crippen molar-refractivity contribution < 1.29 is 9.59 Å². The highest BCUT2D eigenvalue weighted by atomic mass is 32.2. The molecule has 1 atom stereocenters. The summed E-state index contributed by atoms with van der Waals surface area (Å²) in [5, 5.41) is 0. The van der Waals surface area contributed by atoms with Crippen LogP contribution in [0.2, 0.25) is 0 Å². The van der Waals surface area contributed by atoms with Crippen LogP contribution in [-0.4, -0.2) is 29.5 Å². The Bertz CT molecular complexity index is 851. The molecule has 1 heterocycles. The first kappa shape index (κ1) is 18.7. The van der Waals surface area contributed by atoms with Crippen molar-refractivity contribution in [1.29, 1.82) is 0 Å². The van der Waals surface area contributed by atoms with Crippen LogP contribution in [0.4, 0.5) is 0 Å². The number of thioether (sulfide) groups is 1. The van der Waals surface area contributed by atoms with E-state index in [4.69, 9.17) is 0 Å². The van der Waals surface area contributed by atoms with Crippen molar-refractivity contribution in [2.75, 3.05) is 12.8 Å². The van der Waals surface area contributed by atoms with Crippen LogP contribution in [0.1, 0.15) is 49.2 Å². The van der Waals surface area contributed by atoms with E-state index in [9.17, 15) is 9.59 Å². The molecule has 2 aromatic carbocycles. The Hall–Kier alpha value is -2.07. The van der Waals surface area contributed by atoms with Gasteiger partial charge in [0.25, 0.3) is 5.91 Å². The Kier molecular flexibility index (Phi) is 4.74. The fourth-order valence-electron chi connectivity index (χ4n) is 3.33. The normalized spacial score (nSPS) is 20.3. The van der Waals surface area contributed by atoms with Gasteiger partial charge in [0.1, 0.15) is 0 Å². The van der Waals surface area contributed by atoms with Crippen molar-refractivity contribution in [1.82, 2.24) is 4.90 Å². The molecule has 1 aliphatic rings. The van der Waals surface area contributed by atoms with Crippen LogP contribution in [0.25, 0.3) is 0 Å². The Labute approximate surface area is 159 Å². The molecule has 0 saturated carbocycles. The van der Waals surface area contributed by atoms with Gasteiger partial charge >= 0.3 is 0 Å². The Morgan fingerprint density at radius 3 is 2.23 bits per heavy atom. The minimum absolute atomic E-state index is 0.122. The van der Waals surface area contributed by atoms with Gasteiger partial charge in [0.15, 0.2) is 0 Å². The van der Waals surface area contributed by atoms with Crippen molar-refractivity contribution in [3.8, 4) is 0 Å². The van der Waals surface area contributed by atoms with E-state index < -0.39 is 5.41 Å². The van der Waals surface area contributed by atoms with E-state index in [-0.39, 0.29) is 17.2 Å². The molecular weight excluding hydrogens is 342 g/mol. The first-order valence-electron chi connectivity index (χ1n) is 8.80. The zero-order valence-corrected chi connectivity index (χ0v) is 16.8. The van der Waals surface area contributed by atoms with Gasteiger partial charge in [0.05, 0.1) is 5.41 Å². The maximum absolute atomic E-state index is 12.9. The summed E-state index contributed by atoms with van der Waals surface area (Å²) >= 11 is 1.66. The van der Waals surface area contributed by atoms with Gasteiger partial charge in [-0.2, -0.15) is 0 Å². The third-order valence-electron chi connectivity index (χ3n) is 5.08. The largest absolute Gasteiger partial charge is 0.281 e. The van der Waals surface area contributed by atoms with Crippen molar-refractivity contribution >= 4 is 23.6 Å². The Morgan fingerprint density at radius 1 is 1.00 bits per heavy atom. The third-order valence-corrected chi connectivity index (χ3v) is 6.41. The molecule has 0 aliphatic carbocycles. The number of amides is 2. The second-order valence-electron chi connectivity index (χ2n) is 8.11. The highest BCUT2D eigenvalue weighted by molar-refractivity contribution is 7.99. The van der Waals surface area contributed by atoms with Crippen LogP contribution in [0.5, 0.6) is 0 Å². The number of likely N-dealkylation sites (N-methyl/N-ethyl adjacent to an activating group) is 1. The summed E-state index contributed by atoms with van der Waals surface area (Å²) in [6.45, 7) is 8.52. The van der Waals surface area contributed by atoms with Gasteiger partial charge in [0.2, 0.25) is 5.91 Å². The lowest BCUT2D eigenvalue weighted by atomic mass is 9.77. The van der Waals surface area contributed by atoms with Crippen LogP contribution in [0.3, 0.4) is 0 Å². The van der Waals surface area contributed by atoms with E-state index in [1.165, 1.54) is 10.5 Å².